The molecule has 0 aliphatic carbocycles. The molecule has 2 aromatic carbocycles. The molecule has 1 N–H and O–H groups in total. The molecular weight excluding hydrogens is 219 g/mol. The van der Waals surface area contributed by atoms with E-state index in [-0.39, 0.29) is 11.6 Å². The van der Waals surface area contributed by atoms with Crippen molar-refractivity contribution in [1.82, 2.24) is 0 Å². The lowest BCUT2D eigenvalue weighted by atomic mass is 10.2. The number of aryl methyl sites for hydroxylation is 1. The van der Waals surface area contributed by atoms with Crippen molar-refractivity contribution in [1.29, 1.82) is 0 Å². The molecule has 0 heterocycles. The molecule has 0 aliphatic rings. The molecule has 0 amide bonds. The first-order valence-electron chi connectivity index (χ1n) is 5.31. The second kappa shape index (κ2) is 4.87. The molecule has 0 unspecified atom stereocenters. The summed E-state index contributed by atoms with van der Waals surface area (Å²) in [7, 11) is 0. The Morgan fingerprint density at radius 3 is 2.47 bits per heavy atom. The third-order valence-corrected chi connectivity index (χ3v) is 2.35. The number of rotatable bonds is 3. The summed E-state index contributed by atoms with van der Waals surface area (Å²) >= 11 is 0. The highest BCUT2D eigenvalue weighted by Gasteiger charge is 1.99. The van der Waals surface area contributed by atoms with Gasteiger partial charge in [0, 0.05) is 6.07 Å². The molecule has 0 bridgehead atoms. The average Bonchev–Trinajstić information content (AvgIpc) is 2.27. The minimum absolute atomic E-state index is 0.180. The van der Waals surface area contributed by atoms with E-state index in [1.807, 2.05) is 13.0 Å². The summed E-state index contributed by atoms with van der Waals surface area (Å²) in [6, 6.07) is 11.2. The lowest BCUT2D eigenvalue weighted by Crippen LogP contribution is -1.95. The van der Waals surface area contributed by atoms with Crippen molar-refractivity contribution in [3.8, 4) is 11.5 Å². The predicted molar refractivity (Wildman–Crippen MR) is 63.6 cm³/mol. The van der Waals surface area contributed by atoms with Crippen LogP contribution in [0, 0.1) is 12.7 Å². The Morgan fingerprint density at radius 2 is 1.82 bits per heavy atom. The van der Waals surface area contributed by atoms with Gasteiger partial charge in [0.25, 0.3) is 0 Å². The second-order valence-corrected chi connectivity index (χ2v) is 3.92. The molecule has 2 rings (SSSR count). The van der Waals surface area contributed by atoms with E-state index < -0.39 is 0 Å². The van der Waals surface area contributed by atoms with Crippen LogP contribution < -0.4 is 4.74 Å². The molecule has 0 aliphatic heterocycles. The number of hydrogen-bond acceptors (Lipinski definition) is 2. The van der Waals surface area contributed by atoms with E-state index in [1.165, 1.54) is 12.1 Å². The van der Waals surface area contributed by atoms with Crippen molar-refractivity contribution in [2.24, 2.45) is 0 Å². The Labute approximate surface area is 99.3 Å². The van der Waals surface area contributed by atoms with Gasteiger partial charge in [0.05, 0.1) is 0 Å². The van der Waals surface area contributed by atoms with Crippen molar-refractivity contribution < 1.29 is 14.2 Å². The molecule has 0 radical (unpaired) electrons. The SMILES string of the molecule is Cc1cc(O)cc(OCc2ccc(F)cc2)c1. The van der Waals surface area contributed by atoms with Gasteiger partial charge in [-0.15, -0.1) is 0 Å². The minimum Gasteiger partial charge on any atom is -0.508 e. The Morgan fingerprint density at radius 1 is 1.12 bits per heavy atom. The number of halogens is 1. The fraction of sp³-hybridized carbons (Fsp3) is 0.143. The van der Waals surface area contributed by atoms with Crippen LogP contribution >= 0.6 is 0 Å². The zero-order chi connectivity index (χ0) is 12.3. The van der Waals surface area contributed by atoms with E-state index in [9.17, 15) is 9.50 Å². The van der Waals surface area contributed by atoms with Gasteiger partial charge in [-0.25, -0.2) is 4.39 Å². The highest BCUT2D eigenvalue weighted by atomic mass is 19.1. The summed E-state index contributed by atoms with van der Waals surface area (Å²) in [6.07, 6.45) is 0. The molecule has 0 aromatic heterocycles. The fourth-order valence-electron chi connectivity index (χ4n) is 1.56. The van der Waals surface area contributed by atoms with Gasteiger partial charge in [-0.2, -0.15) is 0 Å². The highest BCUT2D eigenvalue weighted by Crippen LogP contribution is 2.22. The van der Waals surface area contributed by atoms with Crippen LogP contribution in [0.4, 0.5) is 4.39 Å². The van der Waals surface area contributed by atoms with Crippen molar-refractivity contribution >= 4 is 0 Å². The van der Waals surface area contributed by atoms with Crippen LogP contribution in [0.15, 0.2) is 42.5 Å². The van der Waals surface area contributed by atoms with E-state index in [0.717, 1.165) is 11.1 Å². The van der Waals surface area contributed by atoms with Crippen LogP contribution in [0.1, 0.15) is 11.1 Å². The van der Waals surface area contributed by atoms with Gasteiger partial charge in [0.15, 0.2) is 0 Å². The summed E-state index contributed by atoms with van der Waals surface area (Å²) in [4.78, 5) is 0. The van der Waals surface area contributed by atoms with Gasteiger partial charge in [0.1, 0.15) is 23.9 Å². The van der Waals surface area contributed by atoms with Crippen LogP contribution in [0.25, 0.3) is 0 Å². The molecule has 0 saturated carbocycles. The first-order valence-corrected chi connectivity index (χ1v) is 5.31. The van der Waals surface area contributed by atoms with Crippen LogP contribution in [0.3, 0.4) is 0 Å². The molecule has 3 heteroatoms. The van der Waals surface area contributed by atoms with Crippen LogP contribution in [0.5, 0.6) is 11.5 Å². The molecule has 17 heavy (non-hydrogen) atoms. The number of phenols is 1. The zero-order valence-corrected chi connectivity index (χ0v) is 9.48. The van der Waals surface area contributed by atoms with Gasteiger partial charge in [0.2, 0.25) is 0 Å². The standard InChI is InChI=1S/C14H13FO2/c1-10-6-13(16)8-14(7-10)17-9-11-2-4-12(15)5-3-11/h2-8,16H,9H2,1H3. The summed E-state index contributed by atoms with van der Waals surface area (Å²) in [5, 5.41) is 9.40. The van der Waals surface area contributed by atoms with Crippen molar-refractivity contribution in [3.63, 3.8) is 0 Å². The molecule has 0 saturated heterocycles. The van der Waals surface area contributed by atoms with Crippen LogP contribution in [-0.4, -0.2) is 5.11 Å². The number of phenolic OH excluding ortho intramolecular Hbond substituents is 1. The largest absolute Gasteiger partial charge is 0.508 e. The first kappa shape index (κ1) is 11.5. The van der Waals surface area contributed by atoms with E-state index in [4.69, 9.17) is 4.74 Å². The molecule has 0 fully saturated rings. The summed E-state index contributed by atoms with van der Waals surface area (Å²) in [5.41, 5.74) is 1.81. The molecule has 0 atom stereocenters. The normalized spacial score (nSPS) is 10.2. The number of hydrogen-bond donors (Lipinski definition) is 1. The molecular formula is C14H13FO2. The summed E-state index contributed by atoms with van der Waals surface area (Å²) in [6.45, 7) is 2.23. The maximum atomic E-state index is 12.7. The third kappa shape index (κ3) is 3.21. The summed E-state index contributed by atoms with van der Waals surface area (Å²) < 4.78 is 18.2. The lowest BCUT2D eigenvalue weighted by molar-refractivity contribution is 0.304. The number of aromatic hydroxyl groups is 1. The maximum absolute atomic E-state index is 12.7. The molecule has 88 valence electrons. The molecule has 2 nitrogen and oxygen atoms in total. The number of ether oxygens (including phenoxy) is 1. The van der Waals surface area contributed by atoms with Crippen LogP contribution in [-0.2, 0) is 6.61 Å². The van der Waals surface area contributed by atoms with E-state index in [1.54, 1.807) is 24.3 Å². The smallest absolute Gasteiger partial charge is 0.123 e. The fourth-order valence-corrected chi connectivity index (χ4v) is 1.56. The maximum Gasteiger partial charge on any atom is 0.123 e. The van der Waals surface area contributed by atoms with Crippen molar-refractivity contribution in [2.45, 2.75) is 13.5 Å². The minimum atomic E-state index is -0.262. The Bertz CT molecular complexity index is 486. The van der Waals surface area contributed by atoms with Gasteiger partial charge < -0.3 is 9.84 Å². The second-order valence-electron chi connectivity index (χ2n) is 3.92. The van der Waals surface area contributed by atoms with Crippen molar-refractivity contribution in [2.75, 3.05) is 0 Å². The average molecular weight is 232 g/mol. The highest BCUT2D eigenvalue weighted by molar-refractivity contribution is 5.37. The third-order valence-electron chi connectivity index (χ3n) is 2.35. The lowest BCUT2D eigenvalue weighted by Gasteiger charge is -2.07. The predicted octanol–water partition coefficient (Wildman–Crippen LogP) is 3.42. The van der Waals surface area contributed by atoms with Gasteiger partial charge in [-0.05, 0) is 42.3 Å². The monoisotopic (exact) mass is 232 g/mol. The summed E-state index contributed by atoms with van der Waals surface area (Å²) in [5.74, 6) is 0.521. The number of benzene rings is 2. The van der Waals surface area contributed by atoms with Crippen LogP contribution in [0.2, 0.25) is 0 Å². The van der Waals surface area contributed by atoms with Gasteiger partial charge >= 0.3 is 0 Å². The first-order chi connectivity index (χ1) is 8.13. The quantitative estimate of drug-likeness (QED) is 0.878. The molecule has 0 spiro atoms. The van der Waals surface area contributed by atoms with E-state index in [2.05, 4.69) is 0 Å². The van der Waals surface area contributed by atoms with Gasteiger partial charge in [-0.1, -0.05) is 12.1 Å². The molecule has 2 aromatic rings. The Balaban J connectivity index is 2.04. The van der Waals surface area contributed by atoms with E-state index in [0.29, 0.717) is 12.4 Å². The zero-order valence-electron chi connectivity index (χ0n) is 9.48. The van der Waals surface area contributed by atoms with Gasteiger partial charge in [-0.3, -0.25) is 0 Å². The van der Waals surface area contributed by atoms with E-state index >= 15 is 0 Å². The Kier molecular flexibility index (Phi) is 3.28. The Hall–Kier alpha value is -2.03. The van der Waals surface area contributed by atoms with Crippen molar-refractivity contribution in [3.05, 3.63) is 59.4 Å². The topological polar surface area (TPSA) is 29.5 Å².